The molecule has 0 spiro atoms. The third-order valence-corrected chi connectivity index (χ3v) is 4.98. The zero-order valence-electron chi connectivity index (χ0n) is 14.7. The molecule has 140 valence electrons. The van der Waals surface area contributed by atoms with Crippen molar-refractivity contribution in [2.45, 2.75) is 32.4 Å². The third-order valence-electron chi connectivity index (χ3n) is 4.14. The molecule has 1 aliphatic rings. The van der Waals surface area contributed by atoms with E-state index in [1.807, 2.05) is 17.7 Å². The molecule has 1 amide bonds. The summed E-state index contributed by atoms with van der Waals surface area (Å²) >= 11 is 12.1. The summed E-state index contributed by atoms with van der Waals surface area (Å²) in [4.78, 5) is 15.9. The number of guanidine groups is 1. The van der Waals surface area contributed by atoms with Crippen LogP contribution in [0.15, 0.2) is 11.1 Å². The second-order valence-corrected chi connectivity index (χ2v) is 6.71. The zero-order valence-corrected chi connectivity index (χ0v) is 16.2. The maximum atomic E-state index is 11.6. The molecular weight excluding hydrogens is 365 g/mol. The van der Waals surface area contributed by atoms with Crippen LogP contribution in [0.5, 0.6) is 0 Å². The molecule has 0 aromatic carbocycles. The highest BCUT2D eigenvalue weighted by Gasteiger charge is 2.32. The number of aliphatic imine (C=N–C) groups is 1. The Morgan fingerprint density at radius 3 is 2.68 bits per heavy atom. The van der Waals surface area contributed by atoms with Crippen molar-refractivity contribution in [2.75, 3.05) is 20.2 Å². The first-order valence-corrected chi connectivity index (χ1v) is 9.09. The fourth-order valence-electron chi connectivity index (χ4n) is 2.52. The SMILES string of the molecule is CCOC(=O)NC(CNC(=NC)NCc1cc(Cl)c(Cl)n1C)C1CC1. The van der Waals surface area contributed by atoms with Gasteiger partial charge in [0.2, 0.25) is 0 Å². The smallest absolute Gasteiger partial charge is 0.407 e. The molecule has 1 unspecified atom stereocenters. The van der Waals surface area contributed by atoms with Gasteiger partial charge in [0.15, 0.2) is 5.96 Å². The minimum atomic E-state index is -0.378. The summed E-state index contributed by atoms with van der Waals surface area (Å²) in [5.74, 6) is 1.13. The van der Waals surface area contributed by atoms with Crippen LogP contribution in [0.2, 0.25) is 10.2 Å². The van der Waals surface area contributed by atoms with Gasteiger partial charge in [0.1, 0.15) is 5.15 Å². The number of carbonyl (C=O) groups excluding carboxylic acids is 1. The summed E-state index contributed by atoms with van der Waals surface area (Å²) in [6, 6.07) is 1.84. The summed E-state index contributed by atoms with van der Waals surface area (Å²) in [6.07, 6.45) is 1.85. The summed E-state index contributed by atoms with van der Waals surface area (Å²) in [5.41, 5.74) is 0.946. The van der Waals surface area contributed by atoms with Crippen molar-refractivity contribution < 1.29 is 9.53 Å². The van der Waals surface area contributed by atoms with Crippen LogP contribution < -0.4 is 16.0 Å². The molecule has 1 aromatic heterocycles. The van der Waals surface area contributed by atoms with Gasteiger partial charge in [-0.3, -0.25) is 4.99 Å². The molecule has 0 radical (unpaired) electrons. The summed E-state index contributed by atoms with van der Waals surface area (Å²) in [7, 11) is 3.55. The molecule has 7 nitrogen and oxygen atoms in total. The fraction of sp³-hybridized carbons (Fsp3) is 0.625. The minimum absolute atomic E-state index is 0.0246. The van der Waals surface area contributed by atoms with Crippen LogP contribution in [0.3, 0.4) is 0 Å². The van der Waals surface area contributed by atoms with Crippen molar-refractivity contribution in [2.24, 2.45) is 18.0 Å². The van der Waals surface area contributed by atoms with Gasteiger partial charge in [-0.1, -0.05) is 23.2 Å². The van der Waals surface area contributed by atoms with Gasteiger partial charge in [0.05, 0.1) is 24.2 Å². The molecule has 0 saturated heterocycles. The number of aromatic nitrogens is 1. The second-order valence-electron chi connectivity index (χ2n) is 5.95. The van der Waals surface area contributed by atoms with Crippen LogP contribution in [-0.4, -0.2) is 42.9 Å². The van der Waals surface area contributed by atoms with Crippen molar-refractivity contribution in [3.05, 3.63) is 21.9 Å². The number of carbonyl (C=O) groups is 1. The lowest BCUT2D eigenvalue weighted by atomic mass is 10.2. The quantitative estimate of drug-likeness (QED) is 0.494. The van der Waals surface area contributed by atoms with E-state index in [9.17, 15) is 4.79 Å². The van der Waals surface area contributed by atoms with E-state index < -0.39 is 0 Å². The molecule has 25 heavy (non-hydrogen) atoms. The molecular formula is C16H25Cl2N5O2. The zero-order chi connectivity index (χ0) is 18.4. The number of halogens is 2. The topological polar surface area (TPSA) is 79.7 Å². The monoisotopic (exact) mass is 389 g/mol. The standard InChI is InChI=1S/C16H25Cl2N5O2/c1-4-25-16(24)22-13(10-5-6-10)9-21-15(19-2)20-8-11-7-12(17)14(18)23(11)3/h7,10,13H,4-6,8-9H2,1-3H3,(H,22,24)(H2,19,20,21). The van der Waals surface area contributed by atoms with E-state index in [2.05, 4.69) is 20.9 Å². The Labute approximate surface area is 158 Å². The lowest BCUT2D eigenvalue weighted by Crippen LogP contribution is -2.48. The van der Waals surface area contributed by atoms with E-state index in [0.29, 0.717) is 41.7 Å². The number of hydrogen-bond donors (Lipinski definition) is 3. The molecule has 1 fully saturated rings. The highest BCUT2D eigenvalue weighted by atomic mass is 35.5. The number of nitrogens with zero attached hydrogens (tertiary/aromatic N) is 2. The van der Waals surface area contributed by atoms with Crippen molar-refractivity contribution in [1.29, 1.82) is 0 Å². The van der Waals surface area contributed by atoms with Gasteiger partial charge in [-0.15, -0.1) is 0 Å². The second kappa shape index (κ2) is 9.20. The Hall–Kier alpha value is -1.60. The van der Waals surface area contributed by atoms with Crippen molar-refractivity contribution >= 4 is 35.3 Å². The Bertz CT molecular complexity index is 628. The van der Waals surface area contributed by atoms with Gasteiger partial charge in [-0.05, 0) is 31.7 Å². The molecule has 1 aromatic rings. The van der Waals surface area contributed by atoms with Crippen LogP contribution in [0.25, 0.3) is 0 Å². The van der Waals surface area contributed by atoms with Gasteiger partial charge < -0.3 is 25.3 Å². The van der Waals surface area contributed by atoms with Gasteiger partial charge in [-0.25, -0.2) is 4.79 Å². The molecule has 0 aliphatic heterocycles. The largest absolute Gasteiger partial charge is 0.450 e. The summed E-state index contributed by atoms with van der Waals surface area (Å²) < 4.78 is 6.78. The van der Waals surface area contributed by atoms with Gasteiger partial charge >= 0.3 is 6.09 Å². The normalized spacial score (nSPS) is 15.6. The Morgan fingerprint density at radius 2 is 2.16 bits per heavy atom. The molecule has 1 atom stereocenters. The first-order valence-electron chi connectivity index (χ1n) is 8.33. The highest BCUT2D eigenvalue weighted by molar-refractivity contribution is 6.41. The average molecular weight is 390 g/mol. The first-order chi connectivity index (χ1) is 12.0. The molecule has 2 rings (SSSR count). The van der Waals surface area contributed by atoms with E-state index in [4.69, 9.17) is 27.9 Å². The molecule has 9 heteroatoms. The van der Waals surface area contributed by atoms with Crippen molar-refractivity contribution in [3.8, 4) is 0 Å². The Balaban J connectivity index is 1.84. The van der Waals surface area contributed by atoms with Crippen molar-refractivity contribution in [1.82, 2.24) is 20.5 Å². The number of amides is 1. The number of alkyl carbamates (subject to hydrolysis) is 1. The van der Waals surface area contributed by atoms with E-state index in [1.54, 1.807) is 14.0 Å². The molecule has 1 heterocycles. The van der Waals surface area contributed by atoms with Gasteiger partial charge in [0.25, 0.3) is 0 Å². The summed E-state index contributed by atoms with van der Waals surface area (Å²) in [5, 5.41) is 10.4. The Kier molecular flexibility index (Phi) is 7.25. The third kappa shape index (κ3) is 5.71. The van der Waals surface area contributed by atoms with E-state index >= 15 is 0 Å². The molecule has 1 aliphatic carbocycles. The van der Waals surface area contributed by atoms with E-state index in [1.165, 1.54) is 0 Å². The maximum absolute atomic E-state index is 11.6. The minimum Gasteiger partial charge on any atom is -0.450 e. The number of ether oxygens (including phenoxy) is 1. The maximum Gasteiger partial charge on any atom is 0.407 e. The van der Waals surface area contributed by atoms with Crippen LogP contribution in [-0.2, 0) is 18.3 Å². The van der Waals surface area contributed by atoms with Crippen molar-refractivity contribution in [3.63, 3.8) is 0 Å². The first kappa shape index (κ1) is 19.7. The lowest BCUT2D eigenvalue weighted by molar-refractivity contribution is 0.146. The van der Waals surface area contributed by atoms with Crippen LogP contribution >= 0.6 is 23.2 Å². The van der Waals surface area contributed by atoms with E-state index in [-0.39, 0.29) is 12.1 Å². The highest BCUT2D eigenvalue weighted by Crippen LogP contribution is 2.32. The predicted molar refractivity (Wildman–Crippen MR) is 100 cm³/mol. The number of nitrogens with one attached hydrogen (secondary N) is 3. The molecule has 3 N–H and O–H groups in total. The molecule has 0 bridgehead atoms. The Morgan fingerprint density at radius 1 is 1.44 bits per heavy atom. The summed E-state index contributed by atoms with van der Waals surface area (Å²) in [6.45, 7) is 3.26. The van der Waals surface area contributed by atoms with E-state index in [0.717, 1.165) is 18.5 Å². The van der Waals surface area contributed by atoms with Gasteiger partial charge in [0, 0.05) is 26.3 Å². The number of rotatable bonds is 7. The number of hydrogen-bond acceptors (Lipinski definition) is 3. The molecule has 1 saturated carbocycles. The van der Waals surface area contributed by atoms with Crippen LogP contribution in [0.1, 0.15) is 25.5 Å². The fourth-order valence-corrected chi connectivity index (χ4v) is 2.93. The lowest BCUT2D eigenvalue weighted by Gasteiger charge is -2.20. The van der Waals surface area contributed by atoms with Crippen LogP contribution in [0, 0.1) is 5.92 Å². The predicted octanol–water partition coefficient (Wildman–Crippen LogP) is 2.52. The van der Waals surface area contributed by atoms with Gasteiger partial charge in [-0.2, -0.15) is 0 Å². The van der Waals surface area contributed by atoms with Crippen LogP contribution in [0.4, 0.5) is 4.79 Å². The average Bonchev–Trinajstić information content (AvgIpc) is 3.39.